The molecule has 0 N–H and O–H groups in total. The van der Waals surface area contributed by atoms with Crippen molar-refractivity contribution in [1.82, 2.24) is 0 Å². The summed E-state index contributed by atoms with van der Waals surface area (Å²) < 4.78 is 14.8. The second-order valence-electron chi connectivity index (χ2n) is 8.82. The van der Waals surface area contributed by atoms with E-state index in [9.17, 15) is 4.39 Å². The molecule has 4 rings (SSSR count). The van der Waals surface area contributed by atoms with Gasteiger partial charge in [-0.3, -0.25) is 0 Å². The van der Waals surface area contributed by atoms with E-state index in [1.165, 1.54) is 75.3 Å². The molecule has 0 heterocycles. The zero-order valence-electron chi connectivity index (χ0n) is 16.7. The van der Waals surface area contributed by atoms with Crippen LogP contribution < -0.4 is 0 Å². The molecule has 2 aromatic carbocycles. The van der Waals surface area contributed by atoms with Gasteiger partial charge in [-0.1, -0.05) is 69.0 Å². The molecule has 0 amide bonds. The van der Waals surface area contributed by atoms with E-state index >= 15 is 0 Å². The summed E-state index contributed by atoms with van der Waals surface area (Å²) in [5.41, 5.74) is 4.39. The lowest BCUT2D eigenvalue weighted by molar-refractivity contribution is 0.319. The minimum atomic E-state index is -0.0609. The van der Waals surface area contributed by atoms with Crippen LogP contribution >= 0.6 is 0 Å². The van der Waals surface area contributed by atoms with Gasteiger partial charge in [0.1, 0.15) is 5.82 Å². The van der Waals surface area contributed by atoms with Crippen molar-refractivity contribution in [1.29, 1.82) is 0 Å². The summed E-state index contributed by atoms with van der Waals surface area (Å²) in [6.07, 6.45) is 13.0. The summed E-state index contributed by atoms with van der Waals surface area (Å²) in [6.45, 7) is 2.31. The van der Waals surface area contributed by atoms with Gasteiger partial charge in [0.2, 0.25) is 0 Å². The van der Waals surface area contributed by atoms with Gasteiger partial charge in [-0.15, -0.1) is 0 Å². The molecule has 0 spiro atoms. The van der Waals surface area contributed by atoms with Gasteiger partial charge in [0.15, 0.2) is 0 Å². The van der Waals surface area contributed by atoms with Gasteiger partial charge in [-0.05, 0) is 79.0 Å². The molecule has 0 radical (unpaired) electrons. The standard InChI is InChI=1S/C26H33F/c1-2-19-8-10-21(11-9-19)22-12-14-23(15-13-22)25-17-16-24(18-26(25)27)20-6-4-3-5-7-20/h12-21H,2-11H2,1H3. The number of rotatable bonds is 4. The van der Waals surface area contributed by atoms with Crippen LogP contribution in [0.15, 0.2) is 42.5 Å². The van der Waals surface area contributed by atoms with Gasteiger partial charge < -0.3 is 0 Å². The molecule has 2 aliphatic rings. The Morgan fingerprint density at radius 2 is 1.37 bits per heavy atom. The molecule has 0 aliphatic heterocycles. The fourth-order valence-corrected chi connectivity index (χ4v) is 5.29. The predicted octanol–water partition coefficient (Wildman–Crippen LogP) is 8.22. The highest BCUT2D eigenvalue weighted by atomic mass is 19.1. The number of hydrogen-bond acceptors (Lipinski definition) is 0. The monoisotopic (exact) mass is 364 g/mol. The van der Waals surface area contributed by atoms with Crippen LogP contribution in [0.1, 0.15) is 94.1 Å². The highest BCUT2D eigenvalue weighted by Gasteiger charge is 2.21. The Morgan fingerprint density at radius 1 is 0.741 bits per heavy atom. The van der Waals surface area contributed by atoms with Crippen molar-refractivity contribution in [3.63, 3.8) is 0 Å². The summed E-state index contributed by atoms with van der Waals surface area (Å²) in [5.74, 6) is 2.12. The second kappa shape index (κ2) is 8.59. The van der Waals surface area contributed by atoms with Crippen molar-refractivity contribution < 1.29 is 4.39 Å². The first-order valence-electron chi connectivity index (χ1n) is 11.1. The Kier molecular flexibility index (Phi) is 5.95. The van der Waals surface area contributed by atoms with Gasteiger partial charge in [0.25, 0.3) is 0 Å². The maximum atomic E-state index is 14.8. The molecule has 2 fully saturated rings. The number of hydrogen-bond donors (Lipinski definition) is 0. The molecule has 2 aromatic rings. The molecule has 0 unspecified atom stereocenters. The van der Waals surface area contributed by atoms with E-state index in [1.54, 1.807) is 6.07 Å². The molecule has 0 bridgehead atoms. The van der Waals surface area contributed by atoms with Crippen LogP contribution in [0.5, 0.6) is 0 Å². The second-order valence-corrected chi connectivity index (χ2v) is 8.82. The zero-order valence-corrected chi connectivity index (χ0v) is 16.7. The Labute approximate surface area is 164 Å². The lowest BCUT2D eigenvalue weighted by Crippen LogP contribution is -2.12. The smallest absolute Gasteiger partial charge is 0.131 e. The first kappa shape index (κ1) is 18.7. The van der Waals surface area contributed by atoms with Crippen LogP contribution in [-0.2, 0) is 0 Å². The third-order valence-electron chi connectivity index (χ3n) is 7.19. The van der Waals surface area contributed by atoms with Crippen molar-refractivity contribution >= 4 is 0 Å². The fraction of sp³-hybridized carbons (Fsp3) is 0.538. The largest absolute Gasteiger partial charge is 0.206 e. The molecule has 27 heavy (non-hydrogen) atoms. The Hall–Kier alpha value is -1.63. The lowest BCUT2D eigenvalue weighted by atomic mass is 9.77. The summed E-state index contributed by atoms with van der Waals surface area (Å²) in [4.78, 5) is 0. The Balaban J connectivity index is 1.47. The van der Waals surface area contributed by atoms with Crippen LogP contribution in [-0.4, -0.2) is 0 Å². The van der Waals surface area contributed by atoms with Crippen molar-refractivity contribution in [2.75, 3.05) is 0 Å². The summed E-state index contributed by atoms with van der Waals surface area (Å²) in [6, 6.07) is 14.7. The van der Waals surface area contributed by atoms with Gasteiger partial charge in [0, 0.05) is 5.56 Å². The zero-order chi connectivity index (χ0) is 18.6. The number of halogens is 1. The van der Waals surface area contributed by atoms with Crippen LogP contribution in [0.25, 0.3) is 11.1 Å². The molecule has 0 aromatic heterocycles. The average Bonchev–Trinajstić information content (AvgIpc) is 2.74. The molecule has 0 saturated heterocycles. The van der Waals surface area contributed by atoms with Crippen LogP contribution in [0, 0.1) is 11.7 Å². The minimum Gasteiger partial charge on any atom is -0.206 e. The quantitative estimate of drug-likeness (QED) is 0.512. The van der Waals surface area contributed by atoms with Gasteiger partial charge in [0.05, 0.1) is 0 Å². The van der Waals surface area contributed by atoms with E-state index in [-0.39, 0.29) is 5.82 Å². The molecule has 1 heteroatoms. The van der Waals surface area contributed by atoms with E-state index in [4.69, 9.17) is 0 Å². The topological polar surface area (TPSA) is 0 Å². The van der Waals surface area contributed by atoms with Gasteiger partial charge in [-0.25, -0.2) is 4.39 Å². The van der Waals surface area contributed by atoms with Gasteiger partial charge in [-0.2, -0.15) is 0 Å². The molecule has 2 saturated carbocycles. The highest BCUT2D eigenvalue weighted by molar-refractivity contribution is 5.65. The summed E-state index contributed by atoms with van der Waals surface area (Å²) in [5, 5.41) is 0. The molecule has 0 atom stereocenters. The highest BCUT2D eigenvalue weighted by Crippen LogP contribution is 2.38. The minimum absolute atomic E-state index is 0.0609. The predicted molar refractivity (Wildman–Crippen MR) is 113 cm³/mol. The summed E-state index contributed by atoms with van der Waals surface area (Å²) >= 11 is 0. The lowest BCUT2D eigenvalue weighted by Gasteiger charge is -2.28. The van der Waals surface area contributed by atoms with Crippen molar-refractivity contribution in [3.05, 3.63) is 59.4 Å². The molecule has 0 nitrogen and oxygen atoms in total. The Morgan fingerprint density at radius 3 is 2.00 bits per heavy atom. The maximum Gasteiger partial charge on any atom is 0.131 e. The molecular weight excluding hydrogens is 331 g/mol. The fourth-order valence-electron chi connectivity index (χ4n) is 5.29. The van der Waals surface area contributed by atoms with E-state index in [0.717, 1.165) is 17.0 Å². The van der Waals surface area contributed by atoms with Crippen molar-refractivity contribution in [2.24, 2.45) is 5.92 Å². The SMILES string of the molecule is CCC1CCC(c2ccc(-c3ccc(C4CCCCC4)cc3F)cc2)CC1. The summed E-state index contributed by atoms with van der Waals surface area (Å²) in [7, 11) is 0. The first-order chi connectivity index (χ1) is 13.2. The third kappa shape index (κ3) is 4.28. The van der Waals surface area contributed by atoms with Gasteiger partial charge >= 0.3 is 0 Å². The molecular formula is C26H33F. The maximum absolute atomic E-state index is 14.8. The van der Waals surface area contributed by atoms with E-state index in [0.29, 0.717) is 11.8 Å². The van der Waals surface area contributed by atoms with Crippen LogP contribution in [0.2, 0.25) is 0 Å². The van der Waals surface area contributed by atoms with E-state index in [2.05, 4.69) is 37.3 Å². The normalized spacial score (nSPS) is 24.1. The van der Waals surface area contributed by atoms with Crippen LogP contribution in [0.4, 0.5) is 4.39 Å². The van der Waals surface area contributed by atoms with E-state index in [1.807, 2.05) is 6.07 Å². The van der Waals surface area contributed by atoms with Crippen LogP contribution in [0.3, 0.4) is 0 Å². The molecule has 2 aliphatic carbocycles. The Bertz CT molecular complexity index is 731. The van der Waals surface area contributed by atoms with Crippen molar-refractivity contribution in [2.45, 2.75) is 83.0 Å². The number of benzene rings is 2. The molecule has 144 valence electrons. The first-order valence-corrected chi connectivity index (χ1v) is 11.1. The van der Waals surface area contributed by atoms with Crippen molar-refractivity contribution in [3.8, 4) is 11.1 Å². The van der Waals surface area contributed by atoms with E-state index < -0.39 is 0 Å². The average molecular weight is 365 g/mol. The third-order valence-corrected chi connectivity index (χ3v) is 7.19.